The number of hydrogen-bond acceptors (Lipinski definition) is 9. The number of benzene rings is 2. The van der Waals surface area contributed by atoms with Crippen LogP contribution in [0.1, 0.15) is 35.0 Å². The van der Waals surface area contributed by atoms with Crippen molar-refractivity contribution in [3.05, 3.63) is 82.4 Å². The lowest BCUT2D eigenvalue weighted by Crippen LogP contribution is -2.45. The Hall–Kier alpha value is -3.29. The molecule has 1 fully saturated rings. The van der Waals surface area contributed by atoms with Crippen molar-refractivity contribution >= 4 is 33.2 Å². The van der Waals surface area contributed by atoms with Crippen molar-refractivity contribution < 1.29 is 19.3 Å². The summed E-state index contributed by atoms with van der Waals surface area (Å²) in [7, 11) is 0. The maximum atomic E-state index is 12.4. The van der Waals surface area contributed by atoms with Crippen LogP contribution in [0.15, 0.2) is 55.1 Å². The van der Waals surface area contributed by atoms with E-state index in [-0.39, 0.29) is 17.4 Å². The molecule has 4 atom stereocenters. The molecule has 2 aromatic carbocycles. The van der Waals surface area contributed by atoms with Crippen molar-refractivity contribution in [1.29, 1.82) is 0 Å². The second kappa shape index (κ2) is 11.2. The molecule has 0 radical (unpaired) electrons. The molecule has 4 unspecified atom stereocenters. The van der Waals surface area contributed by atoms with Crippen molar-refractivity contribution in [2.24, 2.45) is 0 Å². The molecule has 10 nitrogen and oxygen atoms in total. The number of thiazole rings is 1. The predicted molar refractivity (Wildman–Crippen MR) is 140 cm³/mol. The number of fused-ring (bicyclic) bond motifs is 1. The van der Waals surface area contributed by atoms with Gasteiger partial charge in [-0.05, 0) is 49.7 Å². The average Bonchev–Trinajstić information content (AvgIpc) is 3.67. The Kier molecular flexibility index (Phi) is 7.77. The topological polar surface area (TPSA) is 124 Å². The van der Waals surface area contributed by atoms with Gasteiger partial charge in [-0.3, -0.25) is 0 Å². The van der Waals surface area contributed by atoms with Crippen LogP contribution in [0.3, 0.4) is 0 Å². The minimum absolute atomic E-state index is 0.181. The first kappa shape index (κ1) is 26.3. The minimum atomic E-state index is -0.911. The van der Waals surface area contributed by atoms with Gasteiger partial charge < -0.3 is 14.9 Å². The van der Waals surface area contributed by atoms with Crippen LogP contribution in [0.2, 0.25) is 5.02 Å². The summed E-state index contributed by atoms with van der Waals surface area (Å²) in [6, 6.07) is 10.2. The molecule has 2 N–H and O–H groups in total. The van der Waals surface area contributed by atoms with Gasteiger partial charge in [0.2, 0.25) is 0 Å². The molecule has 38 heavy (non-hydrogen) atoms. The molecule has 4 heterocycles. The number of halogens is 2. The highest BCUT2D eigenvalue weighted by Gasteiger charge is 2.41. The standard InChI is InChI=1S/C18H19N7O3S.C7H6ClF/c1-10-22-12-3-2-11(6-16(12)29-10)25-18(19-9-21-25)14-7-13(24-5-4-20-23-24)17(27)15(8-26)28-14;1-5-2-3-6(8)7(9)4-5/h2-6,9,13-15,17,26-27H,7-8H2,1H3;2-4H,1H3. The molecule has 0 bridgehead atoms. The number of aromatic nitrogens is 7. The van der Waals surface area contributed by atoms with E-state index in [0.717, 1.165) is 26.5 Å². The Morgan fingerprint density at radius 1 is 1.21 bits per heavy atom. The summed E-state index contributed by atoms with van der Waals surface area (Å²) in [5.41, 5.74) is 2.68. The predicted octanol–water partition coefficient (Wildman–Crippen LogP) is 3.99. The Morgan fingerprint density at radius 3 is 2.76 bits per heavy atom. The zero-order valence-electron chi connectivity index (χ0n) is 20.5. The van der Waals surface area contributed by atoms with Crippen LogP contribution >= 0.6 is 22.9 Å². The Balaban J connectivity index is 0.000000278. The first-order chi connectivity index (χ1) is 18.3. The van der Waals surface area contributed by atoms with Gasteiger partial charge in [0.05, 0.1) is 44.8 Å². The third-order valence-corrected chi connectivity index (χ3v) is 7.43. The monoisotopic (exact) mass is 557 g/mol. The highest BCUT2D eigenvalue weighted by Crippen LogP contribution is 2.37. The molecular formula is C25H25ClFN7O3S. The maximum Gasteiger partial charge on any atom is 0.161 e. The van der Waals surface area contributed by atoms with Crippen LogP contribution in [-0.4, -0.2) is 63.8 Å². The molecule has 1 aliphatic rings. The molecule has 13 heteroatoms. The zero-order chi connectivity index (χ0) is 26.8. The lowest BCUT2D eigenvalue weighted by atomic mass is 9.95. The molecule has 198 valence electrons. The van der Waals surface area contributed by atoms with E-state index in [2.05, 4.69) is 25.4 Å². The Labute approximate surface area is 226 Å². The Morgan fingerprint density at radius 2 is 2.05 bits per heavy atom. The summed E-state index contributed by atoms with van der Waals surface area (Å²) >= 11 is 7.03. The first-order valence-corrected chi connectivity index (χ1v) is 13.0. The van der Waals surface area contributed by atoms with Crippen molar-refractivity contribution in [1.82, 2.24) is 34.7 Å². The summed E-state index contributed by atoms with van der Waals surface area (Å²) in [6.07, 6.45) is 2.98. The van der Waals surface area contributed by atoms with Crippen molar-refractivity contribution in [2.75, 3.05) is 6.61 Å². The van der Waals surface area contributed by atoms with Crippen LogP contribution in [0.4, 0.5) is 4.39 Å². The summed E-state index contributed by atoms with van der Waals surface area (Å²) in [5, 5.41) is 33.7. The van der Waals surface area contributed by atoms with Crippen molar-refractivity contribution in [3.8, 4) is 5.69 Å². The normalized spacial score (nSPS) is 21.3. The summed E-state index contributed by atoms with van der Waals surface area (Å²) < 4.78 is 22.8. The summed E-state index contributed by atoms with van der Waals surface area (Å²) in [5.74, 6) is 0.248. The third-order valence-electron chi connectivity index (χ3n) is 6.19. The van der Waals surface area contributed by atoms with Crippen LogP contribution in [-0.2, 0) is 4.74 Å². The second-order valence-electron chi connectivity index (χ2n) is 8.85. The fourth-order valence-electron chi connectivity index (χ4n) is 4.36. The van der Waals surface area contributed by atoms with Crippen molar-refractivity contribution in [2.45, 2.75) is 44.6 Å². The number of rotatable bonds is 4. The number of ether oxygens (including phenoxy) is 1. The molecule has 6 rings (SSSR count). The molecule has 1 saturated heterocycles. The van der Waals surface area contributed by atoms with Crippen LogP contribution in [0.5, 0.6) is 0 Å². The first-order valence-electron chi connectivity index (χ1n) is 11.8. The van der Waals surface area contributed by atoms with Gasteiger partial charge >= 0.3 is 0 Å². The SMILES string of the molecule is Cc1ccc(Cl)c(F)c1.Cc1nc2ccc(-n3ncnc3C3CC(n4ccnn4)C(O)C(CO)O3)cc2s1. The van der Waals surface area contributed by atoms with E-state index in [1.165, 1.54) is 12.4 Å². The minimum Gasteiger partial charge on any atom is -0.394 e. The lowest BCUT2D eigenvalue weighted by molar-refractivity contribution is -0.161. The zero-order valence-corrected chi connectivity index (χ0v) is 22.1. The molecule has 1 aliphatic heterocycles. The second-order valence-corrected chi connectivity index (χ2v) is 10.5. The van der Waals surface area contributed by atoms with Gasteiger partial charge in [-0.15, -0.1) is 16.4 Å². The van der Waals surface area contributed by atoms with E-state index in [9.17, 15) is 14.6 Å². The third kappa shape index (κ3) is 5.45. The summed E-state index contributed by atoms with van der Waals surface area (Å²) in [6.45, 7) is 3.48. The van der Waals surface area contributed by atoms with Crippen LogP contribution < -0.4 is 0 Å². The maximum absolute atomic E-state index is 12.4. The number of aliphatic hydroxyl groups excluding tert-OH is 2. The van der Waals surface area contributed by atoms with E-state index >= 15 is 0 Å². The molecule has 5 aromatic rings. The number of aryl methyl sites for hydroxylation is 2. The Bertz CT molecular complexity index is 1530. The van der Waals surface area contributed by atoms with Gasteiger partial charge in [0.25, 0.3) is 0 Å². The van der Waals surface area contributed by atoms with E-state index < -0.39 is 24.4 Å². The summed E-state index contributed by atoms with van der Waals surface area (Å²) in [4.78, 5) is 8.91. The molecule has 0 spiro atoms. The van der Waals surface area contributed by atoms with Gasteiger partial charge in [0.15, 0.2) is 5.82 Å². The molecule has 3 aromatic heterocycles. The number of nitrogens with zero attached hydrogens (tertiary/aromatic N) is 7. The van der Waals surface area contributed by atoms with E-state index in [4.69, 9.17) is 16.3 Å². The molecule has 0 amide bonds. The van der Waals surface area contributed by atoms with Crippen LogP contribution in [0.25, 0.3) is 15.9 Å². The van der Waals surface area contributed by atoms with Gasteiger partial charge in [0, 0.05) is 12.6 Å². The lowest BCUT2D eigenvalue weighted by Gasteiger charge is -2.38. The fraction of sp³-hybridized carbons (Fsp3) is 0.320. The highest BCUT2D eigenvalue weighted by atomic mass is 35.5. The quantitative estimate of drug-likeness (QED) is 0.340. The number of hydrogen-bond donors (Lipinski definition) is 2. The smallest absolute Gasteiger partial charge is 0.161 e. The molecule has 0 aliphatic carbocycles. The largest absolute Gasteiger partial charge is 0.394 e. The van der Waals surface area contributed by atoms with E-state index in [1.807, 2.05) is 32.0 Å². The van der Waals surface area contributed by atoms with Gasteiger partial charge in [-0.25, -0.2) is 23.7 Å². The average molecular weight is 558 g/mol. The molecular weight excluding hydrogens is 533 g/mol. The highest BCUT2D eigenvalue weighted by molar-refractivity contribution is 7.18. The van der Waals surface area contributed by atoms with Gasteiger partial charge in [0.1, 0.15) is 30.5 Å². The van der Waals surface area contributed by atoms with Crippen LogP contribution in [0, 0.1) is 19.7 Å². The van der Waals surface area contributed by atoms with E-state index in [1.54, 1.807) is 45.2 Å². The van der Waals surface area contributed by atoms with E-state index in [0.29, 0.717) is 12.2 Å². The van der Waals surface area contributed by atoms with Gasteiger partial charge in [-0.1, -0.05) is 22.9 Å². The fourth-order valence-corrected chi connectivity index (χ4v) is 5.34. The molecule has 0 saturated carbocycles. The van der Waals surface area contributed by atoms with Gasteiger partial charge in [-0.2, -0.15) is 5.10 Å². The number of aliphatic hydroxyl groups is 2. The van der Waals surface area contributed by atoms with Crippen molar-refractivity contribution in [3.63, 3.8) is 0 Å².